The van der Waals surface area contributed by atoms with E-state index in [-0.39, 0.29) is 16.8 Å². The van der Waals surface area contributed by atoms with Gasteiger partial charge in [0.1, 0.15) is 0 Å². The van der Waals surface area contributed by atoms with Gasteiger partial charge in [0.05, 0.1) is 10.9 Å². The van der Waals surface area contributed by atoms with Crippen LogP contribution in [0.3, 0.4) is 0 Å². The number of amides is 1. The molecule has 1 saturated heterocycles. The van der Waals surface area contributed by atoms with Gasteiger partial charge in [-0.25, -0.2) is 12.7 Å². The summed E-state index contributed by atoms with van der Waals surface area (Å²) < 4.78 is 25.6. The molecule has 1 amide bonds. The maximum absolute atomic E-state index is 12.4. The maximum Gasteiger partial charge on any atom is 0.242 e. The van der Waals surface area contributed by atoms with Crippen molar-refractivity contribution in [1.82, 2.24) is 9.21 Å². The van der Waals surface area contributed by atoms with Crippen molar-refractivity contribution in [3.8, 4) is 0 Å². The van der Waals surface area contributed by atoms with Gasteiger partial charge in [0, 0.05) is 19.8 Å². The van der Waals surface area contributed by atoms with Crippen LogP contribution < -0.4 is 5.32 Å². The van der Waals surface area contributed by atoms with Crippen LogP contribution in [0.1, 0.15) is 25.3 Å². The average Bonchev–Trinajstić information content (AvgIpc) is 3.02. The Morgan fingerprint density at radius 3 is 2.43 bits per heavy atom. The summed E-state index contributed by atoms with van der Waals surface area (Å²) in [4.78, 5) is 14.8. The van der Waals surface area contributed by atoms with E-state index < -0.39 is 10.0 Å². The lowest BCUT2D eigenvalue weighted by molar-refractivity contribution is -0.120. The third-order valence-corrected chi connectivity index (χ3v) is 6.12. The third-order valence-electron chi connectivity index (χ3n) is 4.31. The van der Waals surface area contributed by atoms with E-state index in [2.05, 4.69) is 10.2 Å². The fraction of sp³-hybridized carbons (Fsp3) is 0.562. The first-order chi connectivity index (χ1) is 10.7. The van der Waals surface area contributed by atoms with Gasteiger partial charge in [0.2, 0.25) is 15.9 Å². The lowest BCUT2D eigenvalue weighted by Gasteiger charge is -2.23. The summed E-state index contributed by atoms with van der Waals surface area (Å²) in [5.41, 5.74) is 1.38. The zero-order valence-electron chi connectivity index (χ0n) is 14.2. The van der Waals surface area contributed by atoms with E-state index in [0.29, 0.717) is 5.69 Å². The summed E-state index contributed by atoms with van der Waals surface area (Å²) in [6.45, 7) is 5.60. The first-order valence-electron chi connectivity index (χ1n) is 7.81. The van der Waals surface area contributed by atoms with E-state index >= 15 is 0 Å². The Balaban J connectivity index is 2.21. The molecule has 1 aromatic rings. The summed E-state index contributed by atoms with van der Waals surface area (Å²) in [6.07, 6.45) is 2.24. The molecule has 0 unspecified atom stereocenters. The zero-order valence-corrected chi connectivity index (χ0v) is 15.0. The summed E-state index contributed by atoms with van der Waals surface area (Å²) >= 11 is 0. The third kappa shape index (κ3) is 3.91. The van der Waals surface area contributed by atoms with Gasteiger partial charge in [0.25, 0.3) is 0 Å². The van der Waals surface area contributed by atoms with E-state index in [4.69, 9.17) is 0 Å². The van der Waals surface area contributed by atoms with Crippen LogP contribution in [-0.4, -0.2) is 56.8 Å². The Kier molecular flexibility index (Phi) is 5.44. The van der Waals surface area contributed by atoms with Gasteiger partial charge in [0.15, 0.2) is 0 Å². The first kappa shape index (κ1) is 17.9. The number of benzene rings is 1. The fourth-order valence-electron chi connectivity index (χ4n) is 2.64. The first-order valence-corrected chi connectivity index (χ1v) is 9.25. The number of likely N-dealkylation sites (tertiary alicyclic amines) is 1. The van der Waals surface area contributed by atoms with Crippen molar-refractivity contribution in [2.45, 2.75) is 37.6 Å². The van der Waals surface area contributed by atoms with Gasteiger partial charge < -0.3 is 5.32 Å². The molecule has 1 aliphatic rings. The van der Waals surface area contributed by atoms with Crippen molar-refractivity contribution in [1.29, 1.82) is 0 Å². The number of carbonyl (C=O) groups is 1. The van der Waals surface area contributed by atoms with Gasteiger partial charge in [-0.15, -0.1) is 0 Å². The Morgan fingerprint density at radius 1 is 1.26 bits per heavy atom. The number of anilines is 1. The highest BCUT2D eigenvalue weighted by Gasteiger charge is 2.25. The Hall–Kier alpha value is -1.44. The van der Waals surface area contributed by atoms with Crippen molar-refractivity contribution in [2.75, 3.05) is 32.5 Å². The van der Waals surface area contributed by atoms with Gasteiger partial charge >= 0.3 is 0 Å². The molecule has 0 aliphatic carbocycles. The van der Waals surface area contributed by atoms with E-state index in [0.717, 1.165) is 35.8 Å². The van der Waals surface area contributed by atoms with Crippen molar-refractivity contribution < 1.29 is 13.2 Å². The second-order valence-electron chi connectivity index (χ2n) is 6.17. The number of carbonyl (C=O) groups excluding carboxylic acids is 1. The number of nitrogens with zero attached hydrogens (tertiary/aromatic N) is 2. The molecule has 1 aliphatic heterocycles. The molecule has 1 heterocycles. The van der Waals surface area contributed by atoms with Crippen LogP contribution in [-0.2, 0) is 14.8 Å². The van der Waals surface area contributed by atoms with Crippen LogP contribution in [0.2, 0.25) is 0 Å². The predicted molar refractivity (Wildman–Crippen MR) is 91.0 cm³/mol. The van der Waals surface area contributed by atoms with E-state index in [1.54, 1.807) is 12.1 Å². The number of nitrogens with one attached hydrogen (secondary N) is 1. The molecule has 6 nitrogen and oxygen atoms in total. The number of aryl methyl sites for hydroxylation is 1. The Bertz CT molecular complexity index is 680. The zero-order chi connectivity index (χ0) is 17.2. The molecule has 1 N–H and O–H groups in total. The highest BCUT2D eigenvalue weighted by molar-refractivity contribution is 7.89. The summed E-state index contributed by atoms with van der Waals surface area (Å²) in [7, 11) is -0.538. The normalized spacial score (nSPS) is 17.4. The standard InChI is InChI=1S/C16H25N3O3S/c1-12-7-8-14(23(21,22)18(3)4)11-15(12)17-16(20)13(2)19-9-5-6-10-19/h7-8,11,13H,5-6,9-10H2,1-4H3,(H,17,20)/t13-/m0/s1. The largest absolute Gasteiger partial charge is 0.324 e. The second kappa shape index (κ2) is 6.98. The number of sulfonamides is 1. The molecular formula is C16H25N3O3S. The number of hydrogen-bond donors (Lipinski definition) is 1. The minimum Gasteiger partial charge on any atom is -0.324 e. The van der Waals surface area contributed by atoms with Gasteiger partial charge in [-0.3, -0.25) is 9.69 Å². The molecule has 0 aromatic heterocycles. The minimum atomic E-state index is -3.52. The molecular weight excluding hydrogens is 314 g/mol. The summed E-state index contributed by atoms with van der Waals surface area (Å²) in [5.74, 6) is -0.102. The minimum absolute atomic E-state index is 0.102. The van der Waals surface area contributed by atoms with E-state index in [1.165, 1.54) is 20.2 Å². The van der Waals surface area contributed by atoms with Crippen molar-refractivity contribution >= 4 is 21.6 Å². The lowest BCUT2D eigenvalue weighted by atomic mass is 10.2. The predicted octanol–water partition coefficient (Wildman–Crippen LogP) is 1.67. The van der Waals surface area contributed by atoms with E-state index in [1.807, 2.05) is 13.8 Å². The maximum atomic E-state index is 12.4. The SMILES string of the molecule is Cc1ccc(S(=O)(=O)N(C)C)cc1NC(=O)[C@H](C)N1CCCC1. The highest BCUT2D eigenvalue weighted by atomic mass is 32.2. The molecule has 1 aromatic carbocycles. The van der Waals surface area contributed by atoms with Crippen molar-refractivity contribution in [3.05, 3.63) is 23.8 Å². The molecule has 0 saturated carbocycles. The number of hydrogen-bond acceptors (Lipinski definition) is 4. The van der Waals surface area contributed by atoms with Crippen LogP contribution in [0.5, 0.6) is 0 Å². The molecule has 0 bridgehead atoms. The molecule has 128 valence electrons. The van der Waals surface area contributed by atoms with Gasteiger partial charge in [-0.2, -0.15) is 0 Å². The molecule has 1 fully saturated rings. The van der Waals surface area contributed by atoms with Crippen molar-refractivity contribution in [2.24, 2.45) is 0 Å². The van der Waals surface area contributed by atoms with Crippen LogP contribution in [0.4, 0.5) is 5.69 Å². The van der Waals surface area contributed by atoms with Crippen LogP contribution in [0, 0.1) is 6.92 Å². The summed E-state index contributed by atoms with van der Waals surface area (Å²) in [6, 6.07) is 4.58. The highest BCUT2D eigenvalue weighted by Crippen LogP contribution is 2.23. The lowest BCUT2D eigenvalue weighted by Crippen LogP contribution is -2.40. The monoisotopic (exact) mass is 339 g/mol. The van der Waals surface area contributed by atoms with Gasteiger partial charge in [-0.1, -0.05) is 6.07 Å². The van der Waals surface area contributed by atoms with Crippen LogP contribution >= 0.6 is 0 Å². The Morgan fingerprint density at radius 2 is 1.87 bits per heavy atom. The van der Waals surface area contributed by atoms with E-state index in [9.17, 15) is 13.2 Å². The van der Waals surface area contributed by atoms with Crippen LogP contribution in [0.25, 0.3) is 0 Å². The molecule has 0 radical (unpaired) electrons. The second-order valence-corrected chi connectivity index (χ2v) is 8.32. The van der Waals surface area contributed by atoms with Crippen LogP contribution in [0.15, 0.2) is 23.1 Å². The Labute approximate surface area is 138 Å². The molecule has 23 heavy (non-hydrogen) atoms. The average molecular weight is 339 g/mol. The fourth-order valence-corrected chi connectivity index (χ4v) is 3.57. The van der Waals surface area contributed by atoms with Crippen molar-refractivity contribution in [3.63, 3.8) is 0 Å². The summed E-state index contributed by atoms with van der Waals surface area (Å²) in [5, 5.41) is 2.87. The molecule has 1 atom stereocenters. The number of rotatable bonds is 5. The molecule has 7 heteroatoms. The topological polar surface area (TPSA) is 69.7 Å². The molecule has 2 rings (SSSR count). The molecule has 0 spiro atoms. The quantitative estimate of drug-likeness (QED) is 0.886. The smallest absolute Gasteiger partial charge is 0.242 e. The van der Waals surface area contributed by atoms with Gasteiger partial charge in [-0.05, 0) is 57.5 Å².